The molecule has 122 valence electrons. The van der Waals surface area contributed by atoms with E-state index in [4.69, 9.17) is 4.98 Å². The molecule has 0 aliphatic rings. The molecule has 0 radical (unpaired) electrons. The first kappa shape index (κ1) is 16.3. The van der Waals surface area contributed by atoms with Crippen LogP contribution in [0.2, 0.25) is 0 Å². The van der Waals surface area contributed by atoms with Crippen LogP contribution >= 0.6 is 0 Å². The summed E-state index contributed by atoms with van der Waals surface area (Å²) >= 11 is 0. The molecule has 3 aromatic rings. The lowest BCUT2D eigenvalue weighted by molar-refractivity contribution is 1.14. The van der Waals surface area contributed by atoms with Gasteiger partial charge in [0.05, 0.1) is 22.8 Å². The van der Waals surface area contributed by atoms with Crippen molar-refractivity contribution in [2.45, 2.75) is 41.5 Å². The fraction of sp³-hybridized carbons (Fsp3) is 0.286. The fourth-order valence-electron chi connectivity index (χ4n) is 2.78. The minimum atomic E-state index is 0.917. The summed E-state index contributed by atoms with van der Waals surface area (Å²) < 4.78 is 0. The molecule has 0 aliphatic carbocycles. The summed E-state index contributed by atoms with van der Waals surface area (Å²) in [6.45, 7) is 12.5. The lowest BCUT2D eigenvalue weighted by Gasteiger charge is -2.12. The Labute approximate surface area is 143 Å². The smallest absolute Gasteiger partial charge is 0.0923 e. The van der Waals surface area contributed by atoms with Gasteiger partial charge in [0.2, 0.25) is 0 Å². The van der Waals surface area contributed by atoms with Gasteiger partial charge in [-0.25, -0.2) is 4.98 Å². The standard InChI is InChI=1S/C21H23N3/c1-12-8-18(22-10-16(12)5)20-14(3)7-15(4)21(24-20)19-9-13(2)17(6)11-23-19/h7-11H,1-6H3. The maximum Gasteiger partial charge on any atom is 0.0923 e. The highest BCUT2D eigenvalue weighted by Crippen LogP contribution is 2.28. The third-order valence-corrected chi connectivity index (χ3v) is 4.63. The molecular formula is C21H23N3. The maximum atomic E-state index is 4.93. The molecule has 3 heteroatoms. The predicted octanol–water partition coefficient (Wildman–Crippen LogP) is 5.06. The van der Waals surface area contributed by atoms with Crippen LogP contribution < -0.4 is 0 Å². The Kier molecular flexibility index (Phi) is 4.18. The normalized spacial score (nSPS) is 10.9. The van der Waals surface area contributed by atoms with Crippen molar-refractivity contribution < 1.29 is 0 Å². The van der Waals surface area contributed by atoms with Crippen molar-refractivity contribution in [1.82, 2.24) is 15.0 Å². The Morgan fingerprint density at radius 3 is 1.29 bits per heavy atom. The Hall–Kier alpha value is -2.55. The maximum absolute atomic E-state index is 4.93. The van der Waals surface area contributed by atoms with Crippen molar-refractivity contribution in [3.63, 3.8) is 0 Å². The zero-order chi connectivity index (χ0) is 17.4. The second kappa shape index (κ2) is 6.16. The van der Waals surface area contributed by atoms with E-state index in [9.17, 15) is 0 Å². The van der Waals surface area contributed by atoms with Crippen molar-refractivity contribution in [3.05, 3.63) is 64.0 Å². The van der Waals surface area contributed by atoms with Crippen molar-refractivity contribution in [3.8, 4) is 22.8 Å². The Bertz CT molecular complexity index is 854. The average molecular weight is 317 g/mol. The fourth-order valence-corrected chi connectivity index (χ4v) is 2.78. The van der Waals surface area contributed by atoms with Gasteiger partial charge in [-0.2, -0.15) is 0 Å². The van der Waals surface area contributed by atoms with Gasteiger partial charge in [0.1, 0.15) is 0 Å². The van der Waals surface area contributed by atoms with Crippen LogP contribution in [0.4, 0.5) is 0 Å². The van der Waals surface area contributed by atoms with E-state index in [-0.39, 0.29) is 0 Å². The molecule has 0 unspecified atom stereocenters. The van der Waals surface area contributed by atoms with Crippen LogP contribution in [-0.4, -0.2) is 15.0 Å². The molecule has 0 spiro atoms. The van der Waals surface area contributed by atoms with Crippen LogP contribution in [0.15, 0.2) is 30.6 Å². The number of pyridine rings is 3. The van der Waals surface area contributed by atoms with E-state index in [1.807, 2.05) is 12.4 Å². The molecule has 0 N–H and O–H groups in total. The molecule has 0 aliphatic heterocycles. The van der Waals surface area contributed by atoms with Gasteiger partial charge in [-0.1, -0.05) is 6.07 Å². The van der Waals surface area contributed by atoms with Gasteiger partial charge >= 0.3 is 0 Å². The van der Waals surface area contributed by atoms with E-state index in [2.05, 4.69) is 69.7 Å². The van der Waals surface area contributed by atoms with E-state index >= 15 is 0 Å². The van der Waals surface area contributed by atoms with E-state index in [1.165, 1.54) is 22.3 Å². The van der Waals surface area contributed by atoms with Gasteiger partial charge in [-0.3, -0.25) is 9.97 Å². The Morgan fingerprint density at radius 2 is 0.917 bits per heavy atom. The molecule has 0 bridgehead atoms. The molecule has 0 saturated heterocycles. The van der Waals surface area contributed by atoms with Crippen LogP contribution in [0, 0.1) is 41.5 Å². The lowest BCUT2D eigenvalue weighted by Crippen LogP contribution is -1.99. The molecule has 0 fully saturated rings. The largest absolute Gasteiger partial charge is 0.254 e. The van der Waals surface area contributed by atoms with E-state index < -0.39 is 0 Å². The van der Waals surface area contributed by atoms with Crippen LogP contribution in [0.25, 0.3) is 22.8 Å². The highest BCUT2D eigenvalue weighted by molar-refractivity contribution is 5.68. The first-order valence-corrected chi connectivity index (χ1v) is 8.22. The van der Waals surface area contributed by atoms with Crippen LogP contribution in [-0.2, 0) is 0 Å². The highest BCUT2D eigenvalue weighted by Gasteiger charge is 2.13. The summed E-state index contributed by atoms with van der Waals surface area (Å²) in [6, 6.07) is 6.39. The van der Waals surface area contributed by atoms with Crippen molar-refractivity contribution in [1.29, 1.82) is 0 Å². The first-order chi connectivity index (χ1) is 11.4. The zero-order valence-corrected chi connectivity index (χ0v) is 15.2. The topological polar surface area (TPSA) is 38.7 Å². The summed E-state index contributed by atoms with van der Waals surface area (Å²) in [4.78, 5) is 14.1. The molecule has 3 rings (SSSR count). The molecule has 24 heavy (non-hydrogen) atoms. The molecule has 0 atom stereocenters. The summed E-state index contributed by atoms with van der Waals surface area (Å²) in [6.07, 6.45) is 3.83. The quantitative estimate of drug-likeness (QED) is 0.663. The summed E-state index contributed by atoms with van der Waals surface area (Å²) in [5, 5.41) is 0. The monoisotopic (exact) mass is 317 g/mol. The lowest BCUT2D eigenvalue weighted by atomic mass is 10.0. The summed E-state index contributed by atoms with van der Waals surface area (Å²) in [5.74, 6) is 0. The van der Waals surface area contributed by atoms with Gasteiger partial charge in [-0.05, 0) is 87.1 Å². The molecule has 3 nitrogen and oxygen atoms in total. The number of nitrogens with zero attached hydrogens (tertiary/aromatic N) is 3. The number of aromatic nitrogens is 3. The van der Waals surface area contributed by atoms with Crippen molar-refractivity contribution >= 4 is 0 Å². The number of aryl methyl sites for hydroxylation is 6. The van der Waals surface area contributed by atoms with Gasteiger partial charge in [0.25, 0.3) is 0 Å². The van der Waals surface area contributed by atoms with Crippen molar-refractivity contribution in [2.24, 2.45) is 0 Å². The second-order valence-corrected chi connectivity index (χ2v) is 6.63. The van der Waals surface area contributed by atoms with Crippen LogP contribution in [0.5, 0.6) is 0 Å². The molecule has 0 saturated carbocycles. The second-order valence-electron chi connectivity index (χ2n) is 6.63. The average Bonchev–Trinajstić information content (AvgIpc) is 2.53. The van der Waals surface area contributed by atoms with Crippen molar-refractivity contribution in [2.75, 3.05) is 0 Å². The number of rotatable bonds is 2. The van der Waals surface area contributed by atoms with Gasteiger partial charge in [0.15, 0.2) is 0 Å². The third kappa shape index (κ3) is 2.94. The molecule has 3 heterocycles. The first-order valence-electron chi connectivity index (χ1n) is 8.22. The summed E-state index contributed by atoms with van der Waals surface area (Å²) in [7, 11) is 0. The molecular weight excluding hydrogens is 294 g/mol. The van der Waals surface area contributed by atoms with Crippen LogP contribution in [0.3, 0.4) is 0 Å². The third-order valence-electron chi connectivity index (χ3n) is 4.63. The molecule has 0 amide bonds. The molecule has 0 aromatic carbocycles. The summed E-state index contributed by atoms with van der Waals surface area (Å²) in [5.41, 5.74) is 10.8. The Balaban J connectivity index is 2.18. The van der Waals surface area contributed by atoms with Crippen LogP contribution in [0.1, 0.15) is 33.4 Å². The zero-order valence-electron chi connectivity index (χ0n) is 15.2. The SMILES string of the molecule is Cc1cnc(-c2nc(-c3cc(C)c(C)cn3)c(C)cc2C)cc1C. The Morgan fingerprint density at radius 1 is 0.500 bits per heavy atom. The van der Waals surface area contributed by atoms with Gasteiger partial charge in [-0.15, -0.1) is 0 Å². The van der Waals surface area contributed by atoms with E-state index in [1.54, 1.807) is 0 Å². The highest BCUT2D eigenvalue weighted by atomic mass is 14.8. The van der Waals surface area contributed by atoms with Gasteiger partial charge < -0.3 is 0 Å². The molecule has 3 aromatic heterocycles. The number of hydrogen-bond donors (Lipinski definition) is 0. The van der Waals surface area contributed by atoms with E-state index in [0.29, 0.717) is 0 Å². The predicted molar refractivity (Wildman–Crippen MR) is 99.1 cm³/mol. The van der Waals surface area contributed by atoms with Gasteiger partial charge in [0, 0.05) is 12.4 Å². The minimum absolute atomic E-state index is 0.917. The number of hydrogen-bond acceptors (Lipinski definition) is 3. The van der Waals surface area contributed by atoms with E-state index in [0.717, 1.165) is 33.9 Å². The minimum Gasteiger partial charge on any atom is -0.254 e.